The molecule has 0 radical (unpaired) electrons. The van der Waals surface area contributed by atoms with E-state index in [9.17, 15) is 9.90 Å². The van der Waals surface area contributed by atoms with Gasteiger partial charge in [0, 0.05) is 25.3 Å². The number of benzene rings is 2. The predicted octanol–water partition coefficient (Wildman–Crippen LogP) is 4.29. The molecule has 0 aliphatic carbocycles. The molecular weight excluding hydrogens is 318 g/mol. The number of hydrogen-bond donors (Lipinski definition) is 1. The van der Waals surface area contributed by atoms with Crippen LogP contribution in [-0.2, 0) is 0 Å². The largest absolute Gasteiger partial charge is 0.502 e. The normalized spacial score (nSPS) is 11.3. The molecule has 2 aromatic carbocycles. The van der Waals surface area contributed by atoms with Gasteiger partial charge in [0.25, 0.3) is 0 Å². The first-order chi connectivity index (χ1) is 12.0. The van der Waals surface area contributed by atoms with Crippen molar-refractivity contribution in [3.05, 3.63) is 58.4 Å². The minimum absolute atomic E-state index is 0.163. The molecule has 2 heterocycles. The smallest absolute Gasteiger partial charge is 0.235 e. The minimum Gasteiger partial charge on any atom is -0.502 e. The molecule has 0 atom stereocenters. The number of hydrogen-bond acceptors (Lipinski definition) is 5. The summed E-state index contributed by atoms with van der Waals surface area (Å²) in [5, 5.41) is 11.5. The number of furan rings is 1. The highest BCUT2D eigenvalue weighted by molar-refractivity contribution is 6.04. The third-order valence-electron chi connectivity index (χ3n) is 4.40. The topological polar surface area (TPSA) is 66.8 Å². The van der Waals surface area contributed by atoms with Crippen molar-refractivity contribution in [3.63, 3.8) is 0 Å². The second kappa shape index (κ2) is 5.41. The zero-order chi connectivity index (χ0) is 17.7. The molecule has 0 amide bonds. The van der Waals surface area contributed by atoms with Crippen LogP contribution in [0, 0.1) is 6.92 Å². The maximum absolute atomic E-state index is 12.6. The van der Waals surface area contributed by atoms with Crippen LogP contribution in [0.2, 0.25) is 0 Å². The summed E-state index contributed by atoms with van der Waals surface area (Å²) in [5.41, 5.74) is 3.16. The Labute approximate surface area is 143 Å². The maximum atomic E-state index is 12.6. The third kappa shape index (κ3) is 2.28. The summed E-state index contributed by atoms with van der Waals surface area (Å²) in [6, 6.07) is 10.8. The minimum atomic E-state index is -0.449. The van der Waals surface area contributed by atoms with Crippen LogP contribution in [0.15, 0.2) is 56.3 Å². The van der Waals surface area contributed by atoms with Crippen LogP contribution >= 0.6 is 0 Å². The fourth-order valence-corrected chi connectivity index (χ4v) is 3.02. The second-order valence-electron chi connectivity index (χ2n) is 6.28. The maximum Gasteiger partial charge on any atom is 0.235 e. The summed E-state index contributed by atoms with van der Waals surface area (Å²) >= 11 is 0. The number of aromatic hydroxyl groups is 1. The Kier molecular flexibility index (Phi) is 3.32. The van der Waals surface area contributed by atoms with E-state index in [2.05, 4.69) is 0 Å². The molecule has 0 aliphatic heterocycles. The van der Waals surface area contributed by atoms with E-state index in [0.29, 0.717) is 22.1 Å². The molecular formula is C20H17NO4. The lowest BCUT2D eigenvalue weighted by Gasteiger charge is -2.13. The van der Waals surface area contributed by atoms with E-state index >= 15 is 0 Å². The summed E-state index contributed by atoms with van der Waals surface area (Å²) in [5.74, 6) is -0.221. The standard InChI is InChI=1S/C20H17NO4/c1-11-10-24-15-9-8-14-17(22)18(23)19(25-20(14)16(11)15)12-4-6-13(7-5-12)21(2)3/h4-10,23H,1-3H3. The van der Waals surface area contributed by atoms with Gasteiger partial charge in [-0.25, -0.2) is 0 Å². The molecule has 4 rings (SSSR count). The molecule has 25 heavy (non-hydrogen) atoms. The quantitative estimate of drug-likeness (QED) is 0.592. The second-order valence-corrected chi connectivity index (χ2v) is 6.28. The summed E-state index contributed by atoms with van der Waals surface area (Å²) in [4.78, 5) is 14.6. The van der Waals surface area contributed by atoms with Crippen LogP contribution in [0.3, 0.4) is 0 Å². The molecule has 0 bridgehead atoms. The van der Waals surface area contributed by atoms with Crippen molar-refractivity contribution in [2.24, 2.45) is 0 Å². The Morgan fingerprint density at radius 3 is 2.44 bits per heavy atom. The number of aryl methyl sites for hydroxylation is 1. The van der Waals surface area contributed by atoms with Crippen molar-refractivity contribution in [3.8, 4) is 17.1 Å². The van der Waals surface area contributed by atoms with E-state index in [1.807, 2.05) is 50.2 Å². The fraction of sp³-hybridized carbons (Fsp3) is 0.150. The van der Waals surface area contributed by atoms with Crippen molar-refractivity contribution < 1.29 is 13.9 Å². The summed E-state index contributed by atoms with van der Waals surface area (Å²) in [7, 11) is 3.89. The van der Waals surface area contributed by atoms with Crippen molar-refractivity contribution >= 4 is 27.6 Å². The number of anilines is 1. The highest BCUT2D eigenvalue weighted by atomic mass is 16.4. The molecule has 5 nitrogen and oxygen atoms in total. The van der Waals surface area contributed by atoms with E-state index in [4.69, 9.17) is 8.83 Å². The van der Waals surface area contributed by atoms with Crippen molar-refractivity contribution in [1.29, 1.82) is 0 Å². The molecule has 0 aliphatic rings. The zero-order valence-corrected chi connectivity index (χ0v) is 14.2. The number of fused-ring (bicyclic) bond motifs is 3. The van der Waals surface area contributed by atoms with Crippen molar-refractivity contribution in [1.82, 2.24) is 0 Å². The van der Waals surface area contributed by atoms with E-state index < -0.39 is 5.43 Å². The van der Waals surface area contributed by atoms with Crippen LogP contribution in [0.1, 0.15) is 5.56 Å². The van der Waals surface area contributed by atoms with E-state index in [1.54, 1.807) is 18.4 Å². The van der Waals surface area contributed by atoms with Gasteiger partial charge in [-0.15, -0.1) is 0 Å². The Morgan fingerprint density at radius 2 is 1.76 bits per heavy atom. The monoisotopic (exact) mass is 335 g/mol. The molecule has 0 fully saturated rings. The third-order valence-corrected chi connectivity index (χ3v) is 4.40. The molecule has 1 N–H and O–H groups in total. The van der Waals surface area contributed by atoms with Gasteiger partial charge in [0.2, 0.25) is 11.2 Å². The number of rotatable bonds is 2. The van der Waals surface area contributed by atoms with E-state index in [-0.39, 0.29) is 11.5 Å². The van der Waals surface area contributed by atoms with Gasteiger partial charge in [0.15, 0.2) is 5.76 Å². The van der Waals surface area contributed by atoms with Crippen molar-refractivity contribution in [2.75, 3.05) is 19.0 Å². The van der Waals surface area contributed by atoms with Gasteiger partial charge in [0.1, 0.15) is 11.2 Å². The van der Waals surface area contributed by atoms with Gasteiger partial charge in [0.05, 0.1) is 17.0 Å². The molecule has 0 spiro atoms. The predicted molar refractivity (Wildman–Crippen MR) is 98.4 cm³/mol. The molecule has 0 saturated carbocycles. The van der Waals surface area contributed by atoms with Gasteiger partial charge >= 0.3 is 0 Å². The average Bonchev–Trinajstić information content (AvgIpc) is 2.99. The highest BCUT2D eigenvalue weighted by Crippen LogP contribution is 2.35. The Morgan fingerprint density at radius 1 is 1.04 bits per heavy atom. The van der Waals surface area contributed by atoms with Crippen LogP contribution in [0.4, 0.5) is 5.69 Å². The van der Waals surface area contributed by atoms with Crippen LogP contribution in [-0.4, -0.2) is 19.2 Å². The number of nitrogens with zero attached hydrogens (tertiary/aromatic N) is 1. The van der Waals surface area contributed by atoms with Gasteiger partial charge in [-0.05, 0) is 48.9 Å². The first kappa shape index (κ1) is 15.3. The van der Waals surface area contributed by atoms with Gasteiger partial charge in [-0.2, -0.15) is 0 Å². The molecule has 126 valence electrons. The summed E-state index contributed by atoms with van der Waals surface area (Å²) in [6.07, 6.45) is 1.63. The lowest BCUT2D eigenvalue weighted by atomic mass is 10.1. The average molecular weight is 335 g/mol. The van der Waals surface area contributed by atoms with Crippen LogP contribution in [0.5, 0.6) is 5.75 Å². The molecule has 2 aromatic heterocycles. The first-order valence-electron chi connectivity index (χ1n) is 7.91. The lowest BCUT2D eigenvalue weighted by Crippen LogP contribution is -2.08. The molecule has 5 heteroatoms. The van der Waals surface area contributed by atoms with E-state index in [1.165, 1.54) is 0 Å². The fourth-order valence-electron chi connectivity index (χ4n) is 3.02. The molecule has 4 aromatic rings. The Balaban J connectivity index is 2.04. The van der Waals surface area contributed by atoms with Gasteiger partial charge in [-0.3, -0.25) is 4.79 Å². The Bertz CT molecular complexity index is 1150. The van der Waals surface area contributed by atoms with Crippen LogP contribution in [0.25, 0.3) is 33.3 Å². The van der Waals surface area contributed by atoms with Crippen molar-refractivity contribution in [2.45, 2.75) is 6.92 Å². The highest BCUT2D eigenvalue weighted by Gasteiger charge is 2.19. The van der Waals surface area contributed by atoms with Crippen LogP contribution < -0.4 is 10.3 Å². The van der Waals surface area contributed by atoms with Gasteiger partial charge in [-0.1, -0.05) is 0 Å². The molecule has 0 saturated heterocycles. The summed E-state index contributed by atoms with van der Waals surface area (Å²) < 4.78 is 11.5. The molecule has 0 unspecified atom stereocenters. The Hall–Kier alpha value is -3.21. The zero-order valence-electron chi connectivity index (χ0n) is 14.2. The van der Waals surface area contributed by atoms with Gasteiger partial charge < -0.3 is 18.8 Å². The summed E-state index contributed by atoms with van der Waals surface area (Å²) in [6.45, 7) is 1.89. The lowest BCUT2D eigenvalue weighted by molar-refractivity contribution is 0.449. The first-order valence-corrected chi connectivity index (χ1v) is 7.91. The SMILES string of the molecule is Cc1coc2ccc3c(=O)c(O)c(-c4ccc(N(C)C)cc4)oc3c12. The van der Waals surface area contributed by atoms with E-state index in [0.717, 1.165) is 16.6 Å².